The number of carbonyl (C=O) groups excluding carboxylic acids is 2. The molecular weight excluding hydrogens is 294 g/mol. The molecule has 1 atom stereocenters. The maximum atomic E-state index is 12.1. The molecule has 3 N–H and O–H groups in total. The number of hydrogen-bond acceptors (Lipinski definition) is 5. The van der Waals surface area contributed by atoms with E-state index in [-0.39, 0.29) is 16.6 Å². The van der Waals surface area contributed by atoms with Crippen LogP contribution in [0.1, 0.15) is 17.3 Å². The van der Waals surface area contributed by atoms with Crippen LogP contribution in [0.3, 0.4) is 0 Å². The van der Waals surface area contributed by atoms with Gasteiger partial charge in [-0.3, -0.25) is 24.5 Å². The fourth-order valence-electron chi connectivity index (χ4n) is 1.86. The number of nitro benzene ring substituents is 1. The molecule has 2 aromatic rings. The standard InChI is InChI=1S/C13H11N3O6/c1-6(13(19)20)15-12(18)11(17)9-5-14-10-3-2-7(16(21)22)4-8(9)10/h2-6,14H,1H3,(H,15,18)(H,19,20)/t6-/m0/s1. The van der Waals surface area contributed by atoms with Crippen LogP contribution in [-0.2, 0) is 9.59 Å². The summed E-state index contributed by atoms with van der Waals surface area (Å²) in [5, 5.41) is 21.7. The maximum absolute atomic E-state index is 12.1. The lowest BCUT2D eigenvalue weighted by Gasteiger charge is -2.07. The van der Waals surface area contributed by atoms with Gasteiger partial charge in [0.05, 0.1) is 10.5 Å². The molecule has 0 aliphatic carbocycles. The molecule has 9 heteroatoms. The number of rotatable bonds is 5. The number of aliphatic carboxylic acids is 1. The molecule has 0 saturated heterocycles. The van der Waals surface area contributed by atoms with Crippen molar-refractivity contribution in [2.45, 2.75) is 13.0 Å². The SMILES string of the molecule is C[C@H](NC(=O)C(=O)c1c[nH]c2ccc([N+](=O)[O-])cc12)C(=O)O. The molecule has 1 amide bonds. The first-order valence-electron chi connectivity index (χ1n) is 6.14. The second-order valence-corrected chi connectivity index (χ2v) is 4.55. The zero-order valence-corrected chi connectivity index (χ0v) is 11.3. The van der Waals surface area contributed by atoms with E-state index in [4.69, 9.17) is 5.11 Å². The average Bonchev–Trinajstić information content (AvgIpc) is 2.88. The van der Waals surface area contributed by atoms with Gasteiger partial charge in [0, 0.05) is 29.2 Å². The summed E-state index contributed by atoms with van der Waals surface area (Å²) in [5.41, 5.74) is 0.169. The molecule has 0 spiro atoms. The number of carboxylic acids is 1. The normalized spacial score (nSPS) is 11.9. The lowest BCUT2D eigenvalue weighted by molar-refractivity contribution is -0.384. The van der Waals surface area contributed by atoms with Crippen LogP contribution in [0, 0.1) is 10.1 Å². The molecule has 0 unspecified atom stereocenters. The van der Waals surface area contributed by atoms with Gasteiger partial charge < -0.3 is 15.4 Å². The number of non-ortho nitro benzene ring substituents is 1. The number of amides is 1. The van der Waals surface area contributed by atoms with Crippen LogP contribution in [0.5, 0.6) is 0 Å². The van der Waals surface area contributed by atoms with E-state index in [9.17, 15) is 24.5 Å². The van der Waals surface area contributed by atoms with Gasteiger partial charge in [0.25, 0.3) is 17.4 Å². The van der Waals surface area contributed by atoms with Gasteiger partial charge in [-0.25, -0.2) is 0 Å². The van der Waals surface area contributed by atoms with Crippen LogP contribution >= 0.6 is 0 Å². The number of nitrogens with zero attached hydrogens (tertiary/aromatic N) is 1. The quantitative estimate of drug-likeness (QED) is 0.323. The van der Waals surface area contributed by atoms with Crippen molar-refractivity contribution in [3.63, 3.8) is 0 Å². The Morgan fingerprint density at radius 1 is 1.36 bits per heavy atom. The highest BCUT2D eigenvalue weighted by molar-refractivity contribution is 6.45. The van der Waals surface area contributed by atoms with Crippen molar-refractivity contribution in [2.24, 2.45) is 0 Å². The number of ketones is 1. The second kappa shape index (κ2) is 5.64. The van der Waals surface area contributed by atoms with Gasteiger partial charge in [-0.1, -0.05) is 0 Å². The van der Waals surface area contributed by atoms with Crippen molar-refractivity contribution >= 4 is 34.3 Å². The molecule has 0 fully saturated rings. The third-order valence-corrected chi connectivity index (χ3v) is 3.05. The molecule has 0 saturated carbocycles. The lowest BCUT2D eigenvalue weighted by Crippen LogP contribution is -2.41. The third kappa shape index (κ3) is 2.77. The predicted octanol–water partition coefficient (Wildman–Crippen LogP) is 0.848. The van der Waals surface area contributed by atoms with Gasteiger partial charge in [-0.05, 0) is 13.0 Å². The van der Waals surface area contributed by atoms with Gasteiger partial charge in [-0.2, -0.15) is 0 Å². The highest BCUT2D eigenvalue weighted by Crippen LogP contribution is 2.24. The van der Waals surface area contributed by atoms with Crippen LogP contribution in [0.15, 0.2) is 24.4 Å². The first kappa shape index (κ1) is 15.2. The van der Waals surface area contributed by atoms with Gasteiger partial charge in [0.2, 0.25) is 0 Å². The largest absolute Gasteiger partial charge is 0.480 e. The van der Waals surface area contributed by atoms with Crippen LogP contribution in [0.25, 0.3) is 10.9 Å². The van der Waals surface area contributed by atoms with Crippen molar-refractivity contribution in [1.29, 1.82) is 0 Å². The molecule has 0 aliphatic rings. The highest BCUT2D eigenvalue weighted by Gasteiger charge is 2.24. The number of H-pyrrole nitrogens is 1. The summed E-state index contributed by atoms with van der Waals surface area (Å²) < 4.78 is 0. The number of Topliss-reactive ketones (excluding diaryl/α,β-unsaturated/α-hetero) is 1. The number of carboxylic acid groups (broad SMARTS) is 1. The van der Waals surface area contributed by atoms with Crippen molar-refractivity contribution in [3.05, 3.63) is 40.1 Å². The fourth-order valence-corrected chi connectivity index (χ4v) is 1.86. The Kier molecular flexibility index (Phi) is 3.89. The average molecular weight is 305 g/mol. The third-order valence-electron chi connectivity index (χ3n) is 3.05. The molecule has 22 heavy (non-hydrogen) atoms. The summed E-state index contributed by atoms with van der Waals surface area (Å²) in [6.07, 6.45) is 1.25. The maximum Gasteiger partial charge on any atom is 0.325 e. The molecule has 0 radical (unpaired) electrons. The number of aromatic nitrogens is 1. The highest BCUT2D eigenvalue weighted by atomic mass is 16.6. The Labute approximate surface area is 123 Å². The number of aromatic amines is 1. The van der Waals surface area contributed by atoms with E-state index in [1.807, 2.05) is 5.32 Å². The van der Waals surface area contributed by atoms with Crippen molar-refractivity contribution < 1.29 is 24.4 Å². The molecule has 2 rings (SSSR count). The van der Waals surface area contributed by atoms with E-state index in [0.29, 0.717) is 5.52 Å². The minimum absolute atomic E-state index is 0.0613. The summed E-state index contributed by atoms with van der Waals surface area (Å²) in [6.45, 7) is 1.22. The summed E-state index contributed by atoms with van der Waals surface area (Å²) >= 11 is 0. The van der Waals surface area contributed by atoms with Crippen LogP contribution < -0.4 is 5.32 Å². The fraction of sp³-hybridized carbons (Fsp3) is 0.154. The van der Waals surface area contributed by atoms with Gasteiger partial charge in [0.1, 0.15) is 6.04 Å². The molecule has 9 nitrogen and oxygen atoms in total. The lowest BCUT2D eigenvalue weighted by atomic mass is 10.1. The number of hydrogen-bond donors (Lipinski definition) is 3. The summed E-state index contributed by atoms with van der Waals surface area (Å²) in [6, 6.07) is 2.63. The van der Waals surface area contributed by atoms with E-state index in [1.165, 1.54) is 31.3 Å². The minimum Gasteiger partial charge on any atom is -0.480 e. The molecule has 1 heterocycles. The van der Waals surface area contributed by atoms with Crippen molar-refractivity contribution in [2.75, 3.05) is 0 Å². The Morgan fingerprint density at radius 3 is 2.64 bits per heavy atom. The van der Waals surface area contributed by atoms with E-state index in [2.05, 4.69) is 4.98 Å². The number of carbonyl (C=O) groups is 3. The Bertz CT molecular complexity index is 794. The van der Waals surface area contributed by atoms with Gasteiger partial charge in [-0.15, -0.1) is 0 Å². The second-order valence-electron chi connectivity index (χ2n) is 4.55. The van der Waals surface area contributed by atoms with Crippen molar-refractivity contribution in [3.8, 4) is 0 Å². The molecule has 114 valence electrons. The van der Waals surface area contributed by atoms with E-state index < -0.39 is 28.6 Å². The summed E-state index contributed by atoms with van der Waals surface area (Å²) in [5.74, 6) is -3.35. The molecule has 1 aromatic heterocycles. The zero-order valence-electron chi connectivity index (χ0n) is 11.3. The number of benzene rings is 1. The topological polar surface area (TPSA) is 142 Å². The van der Waals surface area contributed by atoms with E-state index in [1.54, 1.807) is 0 Å². The first-order valence-corrected chi connectivity index (χ1v) is 6.14. The van der Waals surface area contributed by atoms with Crippen LogP contribution in [-0.4, -0.2) is 38.7 Å². The first-order chi connectivity index (χ1) is 10.3. The Hall–Kier alpha value is -3.23. The summed E-state index contributed by atoms with van der Waals surface area (Å²) in [7, 11) is 0. The molecule has 0 aliphatic heterocycles. The Morgan fingerprint density at radius 2 is 2.05 bits per heavy atom. The van der Waals surface area contributed by atoms with E-state index in [0.717, 1.165) is 0 Å². The monoisotopic (exact) mass is 305 g/mol. The smallest absolute Gasteiger partial charge is 0.325 e. The Balaban J connectivity index is 2.35. The van der Waals surface area contributed by atoms with E-state index >= 15 is 0 Å². The molecule has 1 aromatic carbocycles. The molecule has 0 bridgehead atoms. The van der Waals surface area contributed by atoms with Gasteiger partial charge in [0.15, 0.2) is 0 Å². The zero-order chi connectivity index (χ0) is 16.4. The van der Waals surface area contributed by atoms with Gasteiger partial charge >= 0.3 is 5.97 Å². The number of fused-ring (bicyclic) bond motifs is 1. The summed E-state index contributed by atoms with van der Waals surface area (Å²) in [4.78, 5) is 47.4. The molecular formula is C13H11N3O6. The van der Waals surface area contributed by atoms with Crippen LogP contribution in [0.4, 0.5) is 5.69 Å². The van der Waals surface area contributed by atoms with Crippen molar-refractivity contribution in [1.82, 2.24) is 10.3 Å². The van der Waals surface area contributed by atoms with Crippen LogP contribution in [0.2, 0.25) is 0 Å². The number of nitro groups is 1. The predicted molar refractivity (Wildman–Crippen MR) is 74.5 cm³/mol. The minimum atomic E-state index is -1.28. The number of nitrogens with one attached hydrogen (secondary N) is 2.